The second-order valence-corrected chi connectivity index (χ2v) is 9.86. The van der Waals surface area contributed by atoms with Crippen molar-refractivity contribution in [2.75, 3.05) is 6.54 Å². The molecule has 6 nitrogen and oxygen atoms in total. The molecule has 1 rings (SSSR count). The van der Waals surface area contributed by atoms with Crippen LogP contribution in [0, 0.1) is 11.3 Å². The molecule has 0 radical (unpaired) electrons. The van der Waals surface area contributed by atoms with Crippen molar-refractivity contribution in [3.8, 4) is 0 Å². The molecule has 0 aliphatic carbocycles. The highest BCUT2D eigenvalue weighted by molar-refractivity contribution is 5.93. The molecule has 1 aliphatic heterocycles. The van der Waals surface area contributed by atoms with Crippen LogP contribution >= 0.6 is 0 Å². The number of carbonyl (C=O) groups excluding carboxylic acids is 3. The van der Waals surface area contributed by atoms with Crippen molar-refractivity contribution < 1.29 is 19.1 Å². The topological polar surface area (TPSA) is 75.7 Å². The summed E-state index contributed by atoms with van der Waals surface area (Å²) in [5.74, 6) is 0.193. The molecule has 3 atom stereocenters. The number of ketones is 1. The van der Waals surface area contributed by atoms with E-state index in [0.717, 1.165) is 12.8 Å². The second-order valence-electron chi connectivity index (χ2n) is 9.86. The van der Waals surface area contributed by atoms with E-state index in [1.807, 2.05) is 27.7 Å². The normalized spacial score (nSPS) is 21.7. The highest BCUT2D eigenvalue weighted by Crippen LogP contribution is 2.29. The number of rotatable bonds is 6. The van der Waals surface area contributed by atoms with E-state index in [0.29, 0.717) is 19.4 Å². The smallest absolute Gasteiger partial charge is 0.408 e. The van der Waals surface area contributed by atoms with Gasteiger partial charge in [0, 0.05) is 13.0 Å². The Labute approximate surface area is 164 Å². The molecule has 0 saturated carbocycles. The largest absolute Gasteiger partial charge is 0.444 e. The van der Waals surface area contributed by atoms with Crippen LogP contribution in [0.5, 0.6) is 0 Å². The predicted octanol–water partition coefficient (Wildman–Crippen LogP) is 3.92. The molecule has 1 fully saturated rings. The van der Waals surface area contributed by atoms with Crippen molar-refractivity contribution in [2.24, 2.45) is 11.3 Å². The summed E-state index contributed by atoms with van der Waals surface area (Å²) in [6.07, 6.45) is 2.36. The lowest BCUT2D eigenvalue weighted by molar-refractivity contribution is -0.141. The summed E-state index contributed by atoms with van der Waals surface area (Å²) in [4.78, 5) is 39.9. The Morgan fingerprint density at radius 3 is 2.22 bits per heavy atom. The monoisotopic (exact) mass is 382 g/mol. The molecule has 0 bridgehead atoms. The van der Waals surface area contributed by atoms with E-state index in [-0.39, 0.29) is 23.7 Å². The maximum absolute atomic E-state index is 13.3. The number of hydrogen-bond acceptors (Lipinski definition) is 4. The number of hydrogen-bond donors (Lipinski definition) is 1. The molecule has 0 aromatic heterocycles. The third kappa shape index (κ3) is 7.15. The molecule has 0 aromatic rings. The van der Waals surface area contributed by atoms with Crippen LogP contribution in [0.25, 0.3) is 0 Å². The van der Waals surface area contributed by atoms with E-state index in [2.05, 4.69) is 12.2 Å². The summed E-state index contributed by atoms with van der Waals surface area (Å²) in [7, 11) is 0. The molecule has 0 aromatic carbocycles. The SMILES string of the molecule is CCCCC(=O)C1CC(C)CN1C(=O)C(NC(=O)OC(C)(C)C)C(C)(C)C. The van der Waals surface area contributed by atoms with Gasteiger partial charge in [0.05, 0.1) is 6.04 Å². The van der Waals surface area contributed by atoms with E-state index < -0.39 is 23.2 Å². The zero-order chi connectivity index (χ0) is 21.0. The van der Waals surface area contributed by atoms with E-state index in [1.165, 1.54) is 0 Å². The van der Waals surface area contributed by atoms with Gasteiger partial charge in [0.25, 0.3) is 0 Å². The third-order valence-corrected chi connectivity index (χ3v) is 4.72. The molecule has 3 unspecified atom stereocenters. The van der Waals surface area contributed by atoms with E-state index in [9.17, 15) is 14.4 Å². The first-order chi connectivity index (χ1) is 12.3. The number of alkyl carbamates (subject to hydrolysis) is 1. The fourth-order valence-electron chi connectivity index (χ4n) is 3.35. The number of carbonyl (C=O) groups is 3. The maximum Gasteiger partial charge on any atom is 0.408 e. The molecule has 6 heteroatoms. The number of amides is 2. The fourth-order valence-corrected chi connectivity index (χ4v) is 3.35. The van der Waals surface area contributed by atoms with Crippen LogP contribution in [-0.2, 0) is 14.3 Å². The summed E-state index contributed by atoms with van der Waals surface area (Å²) in [6.45, 7) is 15.7. The van der Waals surface area contributed by atoms with Crippen molar-refractivity contribution in [1.82, 2.24) is 10.2 Å². The van der Waals surface area contributed by atoms with Gasteiger partial charge in [0.15, 0.2) is 5.78 Å². The number of likely N-dealkylation sites (tertiary alicyclic amines) is 1. The zero-order valence-electron chi connectivity index (χ0n) is 18.3. The molecule has 0 spiro atoms. The average Bonchev–Trinajstić information content (AvgIpc) is 2.89. The molecule has 1 N–H and O–H groups in total. The van der Waals surface area contributed by atoms with Gasteiger partial charge >= 0.3 is 6.09 Å². The van der Waals surface area contributed by atoms with Crippen LogP contribution in [-0.4, -0.2) is 46.9 Å². The number of nitrogens with one attached hydrogen (secondary N) is 1. The average molecular weight is 383 g/mol. The molecule has 1 heterocycles. The Balaban J connectivity index is 2.99. The minimum absolute atomic E-state index is 0.125. The van der Waals surface area contributed by atoms with Crippen LogP contribution in [0.2, 0.25) is 0 Å². The first kappa shape index (κ1) is 23.4. The van der Waals surface area contributed by atoms with E-state index >= 15 is 0 Å². The van der Waals surface area contributed by atoms with Gasteiger partial charge in [-0.15, -0.1) is 0 Å². The molecule has 1 aliphatic rings. The quantitative estimate of drug-likeness (QED) is 0.755. The lowest BCUT2D eigenvalue weighted by atomic mass is 9.85. The first-order valence-corrected chi connectivity index (χ1v) is 10.1. The Bertz CT molecular complexity index is 545. The van der Waals surface area contributed by atoms with Gasteiger partial charge < -0.3 is 15.0 Å². The van der Waals surface area contributed by atoms with Gasteiger partial charge in [-0.2, -0.15) is 0 Å². The molecular weight excluding hydrogens is 344 g/mol. The van der Waals surface area contributed by atoms with Crippen molar-refractivity contribution in [3.63, 3.8) is 0 Å². The molecular formula is C21H38N2O4. The summed E-state index contributed by atoms with van der Waals surface area (Å²) in [6, 6.07) is -1.14. The Morgan fingerprint density at radius 2 is 1.74 bits per heavy atom. The fraction of sp³-hybridized carbons (Fsp3) is 0.857. The minimum atomic E-state index is -0.751. The number of Topliss-reactive ketones (excluding diaryl/α,β-unsaturated/α-hetero) is 1. The first-order valence-electron chi connectivity index (χ1n) is 10.1. The van der Waals surface area contributed by atoms with Crippen molar-refractivity contribution >= 4 is 17.8 Å². The number of unbranched alkanes of at least 4 members (excludes halogenated alkanes) is 1. The van der Waals surface area contributed by atoms with Crippen LogP contribution in [0.15, 0.2) is 0 Å². The maximum atomic E-state index is 13.3. The molecule has 156 valence electrons. The molecule has 1 saturated heterocycles. The Kier molecular flexibility index (Phi) is 7.87. The standard InChI is InChI=1S/C21H38N2O4/c1-9-10-11-16(24)15-12-14(2)13-23(15)18(25)17(20(3,4)5)22-19(26)27-21(6,7)8/h14-15,17H,9-13H2,1-8H3,(H,22,26). The summed E-state index contributed by atoms with van der Waals surface area (Å²) >= 11 is 0. The summed E-state index contributed by atoms with van der Waals surface area (Å²) < 4.78 is 5.34. The van der Waals surface area contributed by atoms with E-state index in [1.54, 1.807) is 25.7 Å². The van der Waals surface area contributed by atoms with Crippen molar-refractivity contribution in [1.29, 1.82) is 0 Å². The van der Waals surface area contributed by atoms with E-state index in [4.69, 9.17) is 4.74 Å². The molecule has 2 amide bonds. The van der Waals surface area contributed by atoms with Gasteiger partial charge in [-0.3, -0.25) is 9.59 Å². The van der Waals surface area contributed by atoms with Crippen LogP contribution in [0.3, 0.4) is 0 Å². The lowest BCUT2D eigenvalue weighted by Crippen LogP contribution is -2.57. The predicted molar refractivity (Wildman–Crippen MR) is 106 cm³/mol. The van der Waals surface area contributed by atoms with Gasteiger partial charge in [0.1, 0.15) is 11.6 Å². The van der Waals surface area contributed by atoms with Gasteiger partial charge in [-0.25, -0.2) is 4.79 Å². The van der Waals surface area contributed by atoms with Gasteiger partial charge in [0.2, 0.25) is 5.91 Å². The van der Waals surface area contributed by atoms with Crippen LogP contribution in [0.4, 0.5) is 4.79 Å². The number of ether oxygens (including phenoxy) is 1. The van der Waals surface area contributed by atoms with Gasteiger partial charge in [-0.05, 0) is 44.9 Å². The molecule has 27 heavy (non-hydrogen) atoms. The van der Waals surface area contributed by atoms with Crippen molar-refractivity contribution in [3.05, 3.63) is 0 Å². The van der Waals surface area contributed by atoms with Crippen LogP contribution in [0.1, 0.15) is 81.1 Å². The zero-order valence-corrected chi connectivity index (χ0v) is 18.3. The highest BCUT2D eigenvalue weighted by atomic mass is 16.6. The lowest BCUT2D eigenvalue weighted by Gasteiger charge is -2.35. The van der Waals surface area contributed by atoms with Gasteiger partial charge in [-0.1, -0.05) is 41.0 Å². The number of nitrogens with zero attached hydrogens (tertiary/aromatic N) is 1. The Hall–Kier alpha value is -1.59. The van der Waals surface area contributed by atoms with Crippen molar-refractivity contribution in [2.45, 2.75) is 98.8 Å². The third-order valence-electron chi connectivity index (χ3n) is 4.72. The minimum Gasteiger partial charge on any atom is -0.444 e. The highest BCUT2D eigenvalue weighted by Gasteiger charge is 2.43. The van der Waals surface area contributed by atoms with Crippen LogP contribution < -0.4 is 5.32 Å². The summed E-state index contributed by atoms with van der Waals surface area (Å²) in [5.41, 5.74) is -1.15. The summed E-state index contributed by atoms with van der Waals surface area (Å²) in [5, 5.41) is 2.74. The second kappa shape index (κ2) is 9.07. The Morgan fingerprint density at radius 1 is 1.15 bits per heavy atom.